The number of nitrogens with one attached hydrogen (secondary N) is 2. The Labute approximate surface area is 281 Å². The highest BCUT2D eigenvalue weighted by molar-refractivity contribution is 7.89. The molecule has 1 amide bonds. The van der Waals surface area contributed by atoms with E-state index in [-0.39, 0.29) is 28.9 Å². The molecule has 0 saturated carbocycles. The number of tetrazole rings is 1. The summed E-state index contributed by atoms with van der Waals surface area (Å²) in [7, 11) is -4.23. The lowest BCUT2D eigenvalue weighted by atomic mass is 10.0. The zero-order valence-corrected chi connectivity index (χ0v) is 28.2. The number of rotatable bonds is 13. The number of nitrogens with zero attached hydrogens (tertiary/aromatic N) is 5. The average Bonchev–Trinajstić information content (AvgIpc) is 3.75. The zero-order valence-electron chi connectivity index (χ0n) is 25.8. The first-order valence-corrected chi connectivity index (χ1v) is 17.4. The number of ether oxygens (including phenoxy) is 1. The lowest BCUT2D eigenvalue weighted by Crippen LogP contribution is -2.37. The molecule has 0 spiro atoms. The van der Waals surface area contributed by atoms with E-state index in [0.29, 0.717) is 22.3 Å². The Morgan fingerprint density at radius 3 is 2.30 bits per heavy atom. The zero-order chi connectivity index (χ0) is 33.6. The molecular weight excluding hydrogens is 662 g/mol. The topological polar surface area (TPSA) is 160 Å². The van der Waals surface area contributed by atoms with Gasteiger partial charge in [0.2, 0.25) is 10.0 Å². The molecule has 2 N–H and O–H groups in total. The highest BCUT2D eigenvalue weighted by atomic mass is 35.5. The maximum absolute atomic E-state index is 13.6. The Hall–Kier alpha value is -4.50. The van der Waals surface area contributed by atoms with Crippen molar-refractivity contribution in [3.63, 3.8) is 0 Å². The lowest BCUT2D eigenvalue weighted by Gasteiger charge is -2.21. The van der Waals surface area contributed by atoms with Gasteiger partial charge in [-0.1, -0.05) is 78.4 Å². The predicted octanol–water partition coefficient (Wildman–Crippen LogP) is 5.99. The number of halogens is 1. The summed E-state index contributed by atoms with van der Waals surface area (Å²) < 4.78 is 33.4. The third-order valence-electron chi connectivity index (χ3n) is 7.26. The molecular formula is C32H32ClN7O5S2. The fourth-order valence-electron chi connectivity index (χ4n) is 4.48. The van der Waals surface area contributed by atoms with Crippen LogP contribution in [-0.4, -0.2) is 62.9 Å². The van der Waals surface area contributed by atoms with E-state index in [0.717, 1.165) is 26.7 Å². The van der Waals surface area contributed by atoms with Gasteiger partial charge in [0.05, 0.1) is 28.1 Å². The normalized spacial score (nSPS) is 12.2. The van der Waals surface area contributed by atoms with Crippen LogP contribution in [0.1, 0.15) is 48.9 Å². The van der Waals surface area contributed by atoms with Crippen LogP contribution >= 0.6 is 22.9 Å². The van der Waals surface area contributed by atoms with Crippen molar-refractivity contribution in [3.8, 4) is 21.7 Å². The van der Waals surface area contributed by atoms with E-state index >= 15 is 0 Å². The fourth-order valence-corrected chi connectivity index (χ4v) is 6.94. The number of aryl methyl sites for hydroxylation is 1. The van der Waals surface area contributed by atoms with Gasteiger partial charge in [0.25, 0.3) is 5.91 Å². The first-order valence-electron chi connectivity index (χ1n) is 14.8. The van der Waals surface area contributed by atoms with E-state index in [1.54, 1.807) is 19.1 Å². The van der Waals surface area contributed by atoms with Crippen LogP contribution in [0, 0.1) is 0 Å². The van der Waals surface area contributed by atoms with Crippen LogP contribution in [0.25, 0.3) is 21.7 Å². The van der Waals surface area contributed by atoms with Crippen molar-refractivity contribution >= 4 is 50.0 Å². The van der Waals surface area contributed by atoms with E-state index < -0.39 is 28.4 Å². The van der Waals surface area contributed by atoms with Crippen molar-refractivity contribution < 1.29 is 22.7 Å². The summed E-state index contributed by atoms with van der Waals surface area (Å²) in [5.41, 5.74) is 3.91. The number of thiazole rings is 1. The molecule has 2 aromatic heterocycles. The second-order valence-corrected chi connectivity index (χ2v) is 13.9. The fraction of sp³-hybridized carbons (Fsp3) is 0.250. The van der Waals surface area contributed by atoms with Gasteiger partial charge in [0.15, 0.2) is 11.0 Å². The Bertz CT molecular complexity index is 1930. The van der Waals surface area contributed by atoms with Gasteiger partial charge in [-0.2, -0.15) is 9.52 Å². The third-order valence-corrected chi connectivity index (χ3v) is 10.3. The molecule has 5 aromatic rings. The monoisotopic (exact) mass is 693 g/mol. The van der Waals surface area contributed by atoms with Gasteiger partial charge < -0.3 is 4.74 Å². The van der Waals surface area contributed by atoms with E-state index in [9.17, 15) is 18.0 Å². The summed E-state index contributed by atoms with van der Waals surface area (Å²) in [6.45, 7) is 4.77. The molecule has 1 atom stereocenters. The number of sulfonamides is 1. The van der Waals surface area contributed by atoms with Gasteiger partial charge in [0.1, 0.15) is 6.54 Å². The second-order valence-electron chi connectivity index (χ2n) is 10.5. The van der Waals surface area contributed by atoms with Crippen molar-refractivity contribution in [2.24, 2.45) is 0 Å². The number of hydrogen-bond acceptors (Lipinski definition) is 10. The molecule has 244 valence electrons. The standard InChI is InChI=1S/C32H32ClN7O5S2/c1-4-20(3)45-28(41)19-40(18-27-36-38-39-37-27)47(43,44)26-16-12-24(13-17-26)31(42)35-32-34-29(22-10-14-25(33)15-11-22)30(46-32)23-8-6-21(5-2)7-9-23/h6-17,20H,4-5,18-19H2,1-3H3,(H,34,35,42)(H,36,37,38,39). The molecule has 15 heteroatoms. The van der Waals surface area contributed by atoms with Crippen LogP contribution in [0.3, 0.4) is 0 Å². The van der Waals surface area contributed by atoms with Gasteiger partial charge >= 0.3 is 5.97 Å². The highest BCUT2D eigenvalue weighted by Gasteiger charge is 2.29. The van der Waals surface area contributed by atoms with E-state index in [4.69, 9.17) is 21.3 Å². The van der Waals surface area contributed by atoms with Crippen molar-refractivity contribution in [3.05, 3.63) is 94.8 Å². The minimum atomic E-state index is -4.23. The summed E-state index contributed by atoms with van der Waals surface area (Å²) in [6, 6.07) is 20.9. The van der Waals surface area contributed by atoms with Crippen molar-refractivity contribution in [2.45, 2.75) is 51.2 Å². The van der Waals surface area contributed by atoms with Crippen LogP contribution in [-0.2, 0) is 32.5 Å². The first-order chi connectivity index (χ1) is 22.6. The summed E-state index contributed by atoms with van der Waals surface area (Å²) in [4.78, 5) is 31.3. The number of carbonyl (C=O) groups is 2. The van der Waals surface area contributed by atoms with Gasteiger partial charge in [-0.05, 0) is 67.3 Å². The molecule has 5 rings (SSSR count). The molecule has 0 aliphatic rings. The maximum Gasteiger partial charge on any atom is 0.321 e. The molecule has 0 fully saturated rings. The summed E-state index contributed by atoms with van der Waals surface area (Å²) in [5, 5.41) is 17.2. The largest absolute Gasteiger partial charge is 0.462 e. The maximum atomic E-state index is 13.6. The van der Waals surface area contributed by atoms with Gasteiger partial charge in [-0.3, -0.25) is 14.9 Å². The minimum absolute atomic E-state index is 0.0722. The SMILES string of the molecule is CCc1ccc(-c2sc(NC(=O)c3ccc(S(=O)(=O)N(CC(=O)OC(C)CC)Cc4nn[nH]n4)cc3)nc2-c2ccc(Cl)cc2)cc1. The third kappa shape index (κ3) is 8.27. The molecule has 0 saturated heterocycles. The van der Waals surface area contributed by atoms with E-state index in [2.05, 4.69) is 45.0 Å². The number of H-pyrrole nitrogens is 1. The number of benzene rings is 3. The predicted molar refractivity (Wildman–Crippen MR) is 179 cm³/mol. The average molecular weight is 694 g/mol. The molecule has 0 bridgehead atoms. The Kier molecular flexibility index (Phi) is 10.8. The number of aromatic nitrogens is 5. The number of esters is 1. The van der Waals surface area contributed by atoms with Crippen LogP contribution in [0.2, 0.25) is 5.02 Å². The molecule has 2 heterocycles. The number of aromatic amines is 1. The van der Waals surface area contributed by atoms with Crippen LogP contribution in [0.5, 0.6) is 0 Å². The number of hydrogen-bond donors (Lipinski definition) is 2. The van der Waals surface area contributed by atoms with Crippen molar-refractivity contribution in [1.82, 2.24) is 29.9 Å². The second kappa shape index (κ2) is 14.9. The van der Waals surface area contributed by atoms with E-state index in [1.807, 2.05) is 31.2 Å². The van der Waals surface area contributed by atoms with Gasteiger partial charge in [-0.25, -0.2) is 13.4 Å². The number of anilines is 1. The summed E-state index contributed by atoms with van der Waals surface area (Å²) >= 11 is 7.45. The van der Waals surface area contributed by atoms with Crippen LogP contribution < -0.4 is 5.32 Å². The van der Waals surface area contributed by atoms with Gasteiger partial charge in [-0.15, -0.1) is 10.2 Å². The van der Waals surface area contributed by atoms with Crippen molar-refractivity contribution in [2.75, 3.05) is 11.9 Å². The van der Waals surface area contributed by atoms with E-state index in [1.165, 1.54) is 41.2 Å². The smallest absolute Gasteiger partial charge is 0.321 e. The molecule has 0 radical (unpaired) electrons. The first kappa shape index (κ1) is 33.9. The van der Waals surface area contributed by atoms with Crippen LogP contribution in [0.15, 0.2) is 77.7 Å². The Balaban J connectivity index is 1.37. The molecule has 47 heavy (non-hydrogen) atoms. The van der Waals surface area contributed by atoms with Crippen molar-refractivity contribution in [1.29, 1.82) is 0 Å². The Morgan fingerprint density at radius 2 is 1.68 bits per heavy atom. The van der Waals surface area contributed by atoms with Crippen LogP contribution in [0.4, 0.5) is 5.13 Å². The summed E-state index contributed by atoms with van der Waals surface area (Å²) in [5.74, 6) is -1.12. The number of carbonyl (C=O) groups excluding carboxylic acids is 2. The van der Waals surface area contributed by atoms with Gasteiger partial charge in [0, 0.05) is 16.1 Å². The summed E-state index contributed by atoms with van der Waals surface area (Å²) in [6.07, 6.45) is 1.10. The minimum Gasteiger partial charge on any atom is -0.462 e. The molecule has 1 unspecified atom stereocenters. The lowest BCUT2D eigenvalue weighted by molar-refractivity contribution is -0.148. The molecule has 12 nitrogen and oxygen atoms in total. The number of amides is 1. The Morgan fingerprint density at radius 1 is 1.00 bits per heavy atom. The molecule has 0 aliphatic heterocycles. The molecule has 0 aliphatic carbocycles. The molecule has 3 aromatic carbocycles. The quantitative estimate of drug-likeness (QED) is 0.141. The highest BCUT2D eigenvalue weighted by Crippen LogP contribution is 2.39.